The number of benzene rings is 2. The van der Waals surface area contributed by atoms with Crippen molar-refractivity contribution in [2.24, 2.45) is 11.7 Å². The van der Waals surface area contributed by atoms with E-state index in [0.29, 0.717) is 30.7 Å². The molecule has 4 rings (SSSR count). The molecule has 0 radical (unpaired) electrons. The minimum absolute atomic E-state index is 0.0480. The number of urea groups is 1. The Kier molecular flexibility index (Phi) is 14.4. The molecule has 2 aromatic carbocycles. The van der Waals surface area contributed by atoms with E-state index in [-0.39, 0.29) is 19.6 Å². The number of nitrogens with zero attached hydrogens (tertiary/aromatic N) is 3. The van der Waals surface area contributed by atoms with E-state index in [1.165, 1.54) is 34.6 Å². The van der Waals surface area contributed by atoms with Crippen molar-refractivity contribution >= 4 is 40.6 Å². The number of amides is 3. The summed E-state index contributed by atoms with van der Waals surface area (Å²) in [7, 11) is 3.12. The number of ketones is 1. The number of carbonyl (C=O) groups excluding carboxylic acids is 3. The fourth-order valence-corrected chi connectivity index (χ4v) is 7.13. The van der Waals surface area contributed by atoms with E-state index >= 15 is 0 Å². The van der Waals surface area contributed by atoms with Crippen molar-refractivity contribution in [2.75, 3.05) is 14.2 Å². The summed E-state index contributed by atoms with van der Waals surface area (Å²) in [6, 6.07) is 15.6. The number of ether oxygens (including phenoxy) is 2. The molecule has 14 heteroatoms. The average Bonchev–Trinajstić information content (AvgIpc) is 3.81. The van der Waals surface area contributed by atoms with Crippen molar-refractivity contribution < 1.29 is 29.0 Å². The maximum Gasteiger partial charge on any atom is 0.407 e. The minimum Gasteiger partial charge on any atom is -0.444 e. The third kappa shape index (κ3) is 10.2. The Morgan fingerprint density at radius 3 is 2.38 bits per heavy atom. The first kappa shape index (κ1) is 38.6. The molecule has 3 amide bonds. The van der Waals surface area contributed by atoms with Crippen LogP contribution in [0.2, 0.25) is 0 Å². The number of Topliss-reactive ketones (excluding diaryl/α,β-unsaturated/α-hetero) is 1. The quantitative estimate of drug-likeness (QED) is 0.110. The molecule has 0 aliphatic rings. The van der Waals surface area contributed by atoms with Crippen LogP contribution >= 0.6 is 22.7 Å². The number of alkyl carbamates (subject to hydrolysis) is 1. The Balaban J connectivity index is 1.64. The van der Waals surface area contributed by atoms with E-state index in [1.807, 2.05) is 49.6 Å². The second-order valence-electron chi connectivity index (χ2n) is 12.3. The number of aryl methyl sites for hydroxylation is 1. The monoisotopic (exact) mass is 722 g/mol. The number of aliphatic hydroxyl groups is 1. The molecule has 4 aromatic rings. The summed E-state index contributed by atoms with van der Waals surface area (Å²) >= 11 is 2.75. The van der Waals surface area contributed by atoms with E-state index in [2.05, 4.69) is 20.6 Å². The summed E-state index contributed by atoms with van der Waals surface area (Å²) < 4.78 is 10.6. The number of hydrogen-bond acceptors (Lipinski definition) is 11. The van der Waals surface area contributed by atoms with Crippen molar-refractivity contribution in [1.82, 2.24) is 25.5 Å². The smallest absolute Gasteiger partial charge is 0.407 e. The van der Waals surface area contributed by atoms with Crippen LogP contribution in [0.3, 0.4) is 0 Å². The lowest BCUT2D eigenvalue weighted by Gasteiger charge is -2.43. The summed E-state index contributed by atoms with van der Waals surface area (Å²) in [5.74, 6) is -0.950. The van der Waals surface area contributed by atoms with Crippen molar-refractivity contribution in [3.8, 4) is 0 Å². The lowest BCUT2D eigenvalue weighted by molar-refractivity contribution is -0.132. The molecular weight excluding hydrogens is 677 g/mol. The highest BCUT2D eigenvalue weighted by Gasteiger charge is 2.52. The molecule has 2 aromatic heterocycles. The number of aliphatic hydroxyl groups excluding tert-OH is 1. The summed E-state index contributed by atoms with van der Waals surface area (Å²) in [5.41, 5.74) is 9.00. The highest BCUT2D eigenvalue weighted by atomic mass is 32.1. The van der Waals surface area contributed by atoms with Gasteiger partial charge in [0.05, 0.1) is 47.4 Å². The number of likely N-dealkylation sites (N-methyl/N-ethyl adjacent to an activating group) is 1. The van der Waals surface area contributed by atoms with E-state index in [4.69, 9.17) is 15.2 Å². The molecule has 5 N–H and O–H groups in total. The zero-order chi connectivity index (χ0) is 36.1. The first-order valence-electron chi connectivity index (χ1n) is 16.4. The van der Waals surface area contributed by atoms with E-state index < -0.39 is 47.6 Å². The zero-order valence-electron chi connectivity index (χ0n) is 28.8. The van der Waals surface area contributed by atoms with Crippen LogP contribution in [0.15, 0.2) is 77.8 Å². The molecule has 0 aliphatic heterocycles. The van der Waals surface area contributed by atoms with Gasteiger partial charge in [0.1, 0.15) is 17.2 Å². The summed E-state index contributed by atoms with van der Waals surface area (Å²) in [6.07, 6.45) is 0.914. The van der Waals surface area contributed by atoms with E-state index in [0.717, 1.165) is 15.4 Å². The molecule has 0 bridgehead atoms. The number of nitrogens with one attached hydrogen (secondary N) is 2. The molecule has 2 heterocycles. The summed E-state index contributed by atoms with van der Waals surface area (Å²) in [5, 5.41) is 20.1. The van der Waals surface area contributed by atoms with Crippen LogP contribution in [0.4, 0.5) is 9.59 Å². The number of hydrogen-bond donors (Lipinski definition) is 4. The van der Waals surface area contributed by atoms with Crippen molar-refractivity contribution in [3.05, 3.63) is 104 Å². The van der Waals surface area contributed by atoms with Gasteiger partial charge in [-0.15, -0.1) is 22.7 Å². The van der Waals surface area contributed by atoms with Gasteiger partial charge in [-0.25, -0.2) is 14.6 Å². The third-order valence-corrected chi connectivity index (χ3v) is 9.99. The first-order chi connectivity index (χ1) is 24.0. The number of rotatable bonds is 18. The molecule has 0 saturated heterocycles. The predicted molar refractivity (Wildman–Crippen MR) is 193 cm³/mol. The maximum absolute atomic E-state index is 15.0. The minimum atomic E-state index is -1.98. The number of carbonyl (C=O) groups is 3. The molecule has 0 spiro atoms. The molecular formula is C36H46N6O6S2. The van der Waals surface area contributed by atoms with Crippen LogP contribution in [0.25, 0.3) is 0 Å². The lowest BCUT2D eigenvalue weighted by Crippen LogP contribution is -2.69. The van der Waals surface area contributed by atoms with Crippen LogP contribution in [0.1, 0.15) is 53.4 Å². The maximum atomic E-state index is 15.0. The SMILES string of the molecule is COCc1nc(CNC(=O)N(C)[C@H](C(=O)C(N)(c2ccccc2)C(NC(=O)OCc2cncs2)C(O)CCCc2ccccc2)C(C)C)cs1. The van der Waals surface area contributed by atoms with Gasteiger partial charge in [0, 0.05) is 25.7 Å². The second-order valence-corrected chi connectivity index (χ2v) is 14.2. The highest BCUT2D eigenvalue weighted by Crippen LogP contribution is 2.32. The fourth-order valence-electron chi connectivity index (χ4n) is 5.86. The lowest BCUT2D eigenvalue weighted by atomic mass is 9.72. The fraction of sp³-hybridized carbons (Fsp3) is 0.417. The van der Waals surface area contributed by atoms with Crippen LogP contribution in [-0.4, -0.2) is 70.2 Å². The molecule has 268 valence electrons. The van der Waals surface area contributed by atoms with Gasteiger partial charge in [0.15, 0.2) is 5.78 Å². The summed E-state index contributed by atoms with van der Waals surface area (Å²) in [4.78, 5) is 52.4. The zero-order valence-corrected chi connectivity index (χ0v) is 30.4. The second kappa shape index (κ2) is 18.7. The van der Waals surface area contributed by atoms with Crippen molar-refractivity contribution in [1.29, 1.82) is 0 Å². The Hall–Kier alpha value is -4.21. The van der Waals surface area contributed by atoms with E-state index in [9.17, 15) is 19.5 Å². The van der Waals surface area contributed by atoms with E-state index in [1.54, 1.807) is 49.1 Å². The topological polar surface area (TPSA) is 169 Å². The molecule has 12 nitrogen and oxygen atoms in total. The van der Waals surface area contributed by atoms with Gasteiger partial charge in [-0.3, -0.25) is 9.78 Å². The van der Waals surface area contributed by atoms with Gasteiger partial charge in [-0.1, -0.05) is 74.5 Å². The molecule has 3 unspecified atom stereocenters. The van der Waals surface area contributed by atoms with Gasteiger partial charge in [0.2, 0.25) is 0 Å². The largest absolute Gasteiger partial charge is 0.444 e. The summed E-state index contributed by atoms with van der Waals surface area (Å²) in [6.45, 7) is 4.10. The number of thiazole rings is 2. The highest BCUT2D eigenvalue weighted by molar-refractivity contribution is 7.09. The van der Waals surface area contributed by atoms with Gasteiger partial charge in [-0.2, -0.15) is 0 Å². The van der Waals surface area contributed by atoms with Gasteiger partial charge in [0.25, 0.3) is 0 Å². The van der Waals surface area contributed by atoms with Crippen LogP contribution in [-0.2, 0) is 46.0 Å². The molecule has 4 atom stereocenters. The Morgan fingerprint density at radius 1 is 1.04 bits per heavy atom. The van der Waals surface area contributed by atoms with Crippen LogP contribution < -0.4 is 16.4 Å². The normalized spacial score (nSPS) is 14.3. The van der Waals surface area contributed by atoms with Crippen molar-refractivity contribution in [2.45, 2.75) is 76.6 Å². The Labute approximate surface area is 301 Å². The van der Waals surface area contributed by atoms with Gasteiger partial charge in [-0.05, 0) is 36.3 Å². The number of methoxy groups -OCH3 is 1. The molecule has 50 heavy (non-hydrogen) atoms. The standard InChI is InChI=1S/C36H46N6O6S2/c1-24(2)31(42(3)34(45)39-18-27-22-49-30(40-27)21-47-4)33(44)36(37,26-15-9-6-10-16-26)32(41-35(46)48-20-28-19-38-23-50-28)29(43)17-11-14-25-12-7-5-8-13-25/h5-10,12-13,15-16,19,22-24,29,31-32,43H,11,14,17-18,20-21,37H2,1-4H3,(H,39,45)(H,41,46)/t29?,31-,32?,36?/m0/s1. The number of nitrogens with two attached hydrogens (primary N) is 1. The van der Waals surface area contributed by atoms with Crippen LogP contribution in [0, 0.1) is 5.92 Å². The van der Waals surface area contributed by atoms with Crippen LogP contribution in [0.5, 0.6) is 0 Å². The van der Waals surface area contributed by atoms with Crippen molar-refractivity contribution in [3.63, 3.8) is 0 Å². The predicted octanol–water partition coefficient (Wildman–Crippen LogP) is 5.01. The van der Waals surface area contributed by atoms with Gasteiger partial charge < -0.3 is 35.8 Å². The number of aromatic nitrogens is 2. The average molecular weight is 723 g/mol. The first-order valence-corrected chi connectivity index (χ1v) is 18.1. The Morgan fingerprint density at radius 2 is 1.74 bits per heavy atom. The molecule has 0 fully saturated rings. The third-order valence-electron chi connectivity index (χ3n) is 8.37. The molecule has 0 aliphatic carbocycles. The molecule has 0 saturated carbocycles. The van der Waals surface area contributed by atoms with Gasteiger partial charge >= 0.3 is 12.1 Å². The Bertz CT molecular complexity index is 1640.